The molecule has 16 heavy (non-hydrogen) atoms. The Balaban J connectivity index is 3.77. The molecule has 0 amide bonds. The molecule has 0 aliphatic carbocycles. The fourth-order valence-electron chi connectivity index (χ4n) is 0.834. The molecule has 0 aromatic heterocycles. The standard InChI is InChI=1S/C10H16O6/c1-4-14-10(13)16-8(3)15-9(12)6-5-7(2)11/h8H,4-6H2,1-3H3. The van der Waals surface area contributed by atoms with Crippen LogP contribution in [0.2, 0.25) is 0 Å². The number of rotatable bonds is 6. The zero-order valence-electron chi connectivity index (χ0n) is 9.65. The summed E-state index contributed by atoms with van der Waals surface area (Å²) in [5.74, 6) is -0.692. The molecule has 0 heterocycles. The Morgan fingerprint density at radius 3 is 2.25 bits per heavy atom. The zero-order valence-corrected chi connectivity index (χ0v) is 9.65. The molecule has 0 fully saturated rings. The van der Waals surface area contributed by atoms with Gasteiger partial charge in [0.15, 0.2) is 0 Å². The van der Waals surface area contributed by atoms with Gasteiger partial charge in [0.05, 0.1) is 13.0 Å². The minimum absolute atomic E-state index is 0.0220. The lowest BCUT2D eigenvalue weighted by Crippen LogP contribution is -2.22. The first-order valence-corrected chi connectivity index (χ1v) is 4.98. The topological polar surface area (TPSA) is 78.9 Å². The van der Waals surface area contributed by atoms with Crippen LogP contribution in [0.1, 0.15) is 33.6 Å². The van der Waals surface area contributed by atoms with Crippen molar-refractivity contribution in [1.29, 1.82) is 0 Å². The van der Waals surface area contributed by atoms with Crippen molar-refractivity contribution in [1.82, 2.24) is 0 Å². The van der Waals surface area contributed by atoms with Gasteiger partial charge in [-0.1, -0.05) is 0 Å². The molecule has 0 aromatic rings. The predicted molar refractivity (Wildman–Crippen MR) is 53.6 cm³/mol. The van der Waals surface area contributed by atoms with Crippen molar-refractivity contribution in [2.24, 2.45) is 0 Å². The van der Waals surface area contributed by atoms with Crippen molar-refractivity contribution in [3.63, 3.8) is 0 Å². The van der Waals surface area contributed by atoms with Gasteiger partial charge in [0.25, 0.3) is 0 Å². The van der Waals surface area contributed by atoms with E-state index in [9.17, 15) is 14.4 Å². The van der Waals surface area contributed by atoms with Gasteiger partial charge in [-0.05, 0) is 13.8 Å². The maximum Gasteiger partial charge on any atom is 0.511 e. The van der Waals surface area contributed by atoms with Gasteiger partial charge < -0.3 is 19.0 Å². The Labute approximate surface area is 93.8 Å². The summed E-state index contributed by atoms with van der Waals surface area (Å²) in [5, 5.41) is 0. The van der Waals surface area contributed by atoms with Crippen LogP contribution in [0.3, 0.4) is 0 Å². The second-order valence-electron chi connectivity index (χ2n) is 3.06. The van der Waals surface area contributed by atoms with E-state index in [4.69, 9.17) is 4.74 Å². The largest absolute Gasteiger partial charge is 0.511 e. The van der Waals surface area contributed by atoms with E-state index in [0.717, 1.165) is 0 Å². The van der Waals surface area contributed by atoms with Crippen LogP contribution in [0.25, 0.3) is 0 Å². The van der Waals surface area contributed by atoms with E-state index < -0.39 is 18.4 Å². The van der Waals surface area contributed by atoms with Gasteiger partial charge >= 0.3 is 12.1 Å². The summed E-state index contributed by atoms with van der Waals surface area (Å²) in [7, 11) is 0. The van der Waals surface area contributed by atoms with Crippen molar-refractivity contribution in [3.05, 3.63) is 0 Å². The van der Waals surface area contributed by atoms with Crippen LogP contribution in [0.4, 0.5) is 4.79 Å². The first kappa shape index (κ1) is 14.4. The van der Waals surface area contributed by atoms with Gasteiger partial charge in [0.2, 0.25) is 6.29 Å². The van der Waals surface area contributed by atoms with Gasteiger partial charge in [0, 0.05) is 13.3 Å². The normalized spacial score (nSPS) is 11.4. The average Bonchev–Trinajstić information content (AvgIpc) is 2.14. The number of Topliss-reactive ketones (excluding diaryl/α,β-unsaturated/α-hetero) is 1. The molecule has 0 radical (unpaired) electrons. The van der Waals surface area contributed by atoms with Crippen LogP contribution >= 0.6 is 0 Å². The molecule has 6 heteroatoms. The Bertz CT molecular complexity index is 260. The lowest BCUT2D eigenvalue weighted by molar-refractivity contribution is -0.168. The molecule has 6 nitrogen and oxygen atoms in total. The maximum absolute atomic E-state index is 11.1. The molecule has 0 saturated carbocycles. The van der Waals surface area contributed by atoms with Gasteiger partial charge in [-0.3, -0.25) is 4.79 Å². The van der Waals surface area contributed by atoms with Crippen molar-refractivity contribution < 1.29 is 28.6 Å². The highest BCUT2D eigenvalue weighted by Crippen LogP contribution is 2.01. The fourth-order valence-corrected chi connectivity index (χ4v) is 0.834. The summed E-state index contributed by atoms with van der Waals surface area (Å²) in [6.45, 7) is 4.59. The van der Waals surface area contributed by atoms with Crippen molar-refractivity contribution in [2.75, 3.05) is 6.61 Å². The highest BCUT2D eigenvalue weighted by Gasteiger charge is 2.14. The fraction of sp³-hybridized carbons (Fsp3) is 0.700. The summed E-state index contributed by atoms with van der Waals surface area (Å²) in [6.07, 6.45) is -1.82. The molecule has 92 valence electrons. The monoisotopic (exact) mass is 232 g/mol. The van der Waals surface area contributed by atoms with E-state index in [0.29, 0.717) is 0 Å². The third-order valence-electron chi connectivity index (χ3n) is 1.50. The molecule has 0 aliphatic heterocycles. The lowest BCUT2D eigenvalue weighted by Gasteiger charge is -2.13. The van der Waals surface area contributed by atoms with Crippen molar-refractivity contribution in [3.8, 4) is 0 Å². The molecule has 0 spiro atoms. The summed E-state index contributed by atoms with van der Waals surface area (Å²) < 4.78 is 13.8. The molecule has 0 aliphatic rings. The van der Waals surface area contributed by atoms with E-state index in [-0.39, 0.29) is 25.2 Å². The van der Waals surface area contributed by atoms with Gasteiger partial charge in [-0.2, -0.15) is 0 Å². The minimum atomic E-state index is -1.02. The molecule has 1 atom stereocenters. The Morgan fingerprint density at radius 1 is 1.12 bits per heavy atom. The first-order valence-electron chi connectivity index (χ1n) is 4.98. The second-order valence-corrected chi connectivity index (χ2v) is 3.06. The zero-order chi connectivity index (χ0) is 12.6. The predicted octanol–water partition coefficient (Wildman–Crippen LogP) is 1.42. The highest BCUT2D eigenvalue weighted by atomic mass is 16.8. The van der Waals surface area contributed by atoms with E-state index in [1.807, 2.05) is 0 Å². The van der Waals surface area contributed by atoms with E-state index in [1.54, 1.807) is 6.92 Å². The summed E-state index contributed by atoms with van der Waals surface area (Å²) in [4.78, 5) is 32.5. The molecular weight excluding hydrogens is 216 g/mol. The quantitative estimate of drug-likeness (QED) is 0.509. The molecule has 0 bridgehead atoms. The second kappa shape index (κ2) is 7.67. The molecule has 0 N–H and O–H groups in total. The van der Waals surface area contributed by atoms with Crippen molar-refractivity contribution in [2.45, 2.75) is 39.9 Å². The molecule has 0 aromatic carbocycles. The number of hydrogen-bond donors (Lipinski definition) is 0. The van der Waals surface area contributed by atoms with Crippen LogP contribution in [0.5, 0.6) is 0 Å². The smallest absolute Gasteiger partial charge is 0.435 e. The third kappa shape index (κ3) is 7.78. The van der Waals surface area contributed by atoms with Crippen LogP contribution in [-0.2, 0) is 23.8 Å². The number of ketones is 1. The van der Waals surface area contributed by atoms with Crippen LogP contribution in [-0.4, -0.2) is 30.8 Å². The van der Waals surface area contributed by atoms with Crippen LogP contribution in [0, 0.1) is 0 Å². The van der Waals surface area contributed by atoms with E-state index in [1.165, 1.54) is 13.8 Å². The lowest BCUT2D eigenvalue weighted by atomic mass is 10.2. The SMILES string of the molecule is CCOC(=O)OC(C)OC(=O)CCC(C)=O. The Kier molecular flexibility index (Phi) is 6.91. The molecule has 0 saturated heterocycles. The summed E-state index contributed by atoms with van der Waals surface area (Å²) in [6, 6.07) is 0. The summed E-state index contributed by atoms with van der Waals surface area (Å²) in [5.41, 5.74) is 0. The molecular formula is C10H16O6. The molecule has 0 rings (SSSR count). The van der Waals surface area contributed by atoms with E-state index in [2.05, 4.69) is 9.47 Å². The average molecular weight is 232 g/mol. The maximum atomic E-state index is 11.1. The highest BCUT2D eigenvalue weighted by molar-refractivity contribution is 5.81. The van der Waals surface area contributed by atoms with Gasteiger partial charge in [-0.15, -0.1) is 0 Å². The van der Waals surface area contributed by atoms with Crippen LogP contribution in [0.15, 0.2) is 0 Å². The number of ether oxygens (including phenoxy) is 3. The Hall–Kier alpha value is -1.59. The number of carbonyl (C=O) groups is 3. The number of carbonyl (C=O) groups excluding carboxylic acids is 3. The Morgan fingerprint density at radius 2 is 1.75 bits per heavy atom. The minimum Gasteiger partial charge on any atom is -0.435 e. The van der Waals surface area contributed by atoms with Gasteiger partial charge in [-0.25, -0.2) is 4.79 Å². The summed E-state index contributed by atoms with van der Waals surface area (Å²) >= 11 is 0. The molecule has 1 unspecified atom stereocenters. The number of esters is 1. The number of hydrogen-bond acceptors (Lipinski definition) is 6. The first-order chi connectivity index (χ1) is 7.45. The third-order valence-corrected chi connectivity index (χ3v) is 1.50. The van der Waals surface area contributed by atoms with Crippen LogP contribution < -0.4 is 0 Å². The van der Waals surface area contributed by atoms with Gasteiger partial charge in [0.1, 0.15) is 5.78 Å². The van der Waals surface area contributed by atoms with Crippen molar-refractivity contribution >= 4 is 17.9 Å². The van der Waals surface area contributed by atoms with E-state index >= 15 is 0 Å².